The Morgan fingerprint density at radius 3 is 2.80 bits per heavy atom. The molecular weight excluding hydrogens is 655 g/mol. The van der Waals surface area contributed by atoms with Crippen LogP contribution in [0.4, 0.5) is 21.5 Å². The molecule has 1 aliphatic heterocycles. The lowest BCUT2D eigenvalue weighted by molar-refractivity contribution is -0.116. The fourth-order valence-electron chi connectivity index (χ4n) is 4.70. The van der Waals surface area contributed by atoms with Gasteiger partial charge in [-0.2, -0.15) is 5.26 Å². The summed E-state index contributed by atoms with van der Waals surface area (Å²) >= 11 is 6.51. The zero-order chi connectivity index (χ0) is 32.6. The Kier molecular flexibility index (Phi) is 11.5. The average Bonchev–Trinajstić information content (AvgIpc) is 3.47. The number of fused-ring (bicyclic) bond motifs is 1. The van der Waals surface area contributed by atoms with Gasteiger partial charge in [-0.15, -0.1) is 0 Å². The van der Waals surface area contributed by atoms with Crippen LogP contribution in [0.25, 0.3) is 10.9 Å². The lowest BCUT2D eigenvalue weighted by Gasteiger charge is -2.18. The molecule has 3 aromatic carbocycles. The van der Waals surface area contributed by atoms with E-state index < -0.39 is 22.9 Å². The van der Waals surface area contributed by atoms with Gasteiger partial charge in [0, 0.05) is 46.4 Å². The number of aliphatic hydroxyl groups excluding tert-OH is 2. The monoisotopic (exact) mass is 684 g/mol. The van der Waals surface area contributed by atoms with Crippen molar-refractivity contribution >= 4 is 66.5 Å². The number of pyridine rings is 1. The summed E-state index contributed by atoms with van der Waals surface area (Å²) in [4.78, 5) is 17.4. The summed E-state index contributed by atoms with van der Waals surface area (Å²) in [5.41, 5.74) is 2.52. The minimum atomic E-state index is -1.14. The molecule has 0 spiro atoms. The third-order valence-corrected chi connectivity index (χ3v) is 10.8. The molecule has 240 valence electrons. The highest BCUT2D eigenvalue weighted by atomic mass is 35.5. The maximum Gasteiger partial charge on any atom is 0.224 e. The lowest BCUT2D eigenvalue weighted by atomic mass is 10.1. The molecule has 3 atom stereocenters. The molecule has 1 aliphatic rings. The first-order valence-electron chi connectivity index (χ1n) is 14.3. The molecule has 4 N–H and O–H groups in total. The van der Waals surface area contributed by atoms with Gasteiger partial charge in [0.1, 0.15) is 48.5 Å². The number of aromatic nitrogens is 1. The second-order valence-electron chi connectivity index (χ2n) is 10.5. The molecule has 1 saturated heterocycles. The SMILES string of the molecule is N#Cc1cnc2cc(OCC(O)CO)c(NC(=O)CCC3CC[S+]([O-])S3)cc2c1Nc1ccc(OCc2cccc(F)c2)c(Cl)c1. The molecule has 0 bridgehead atoms. The third kappa shape index (κ3) is 8.73. The number of rotatable bonds is 13. The summed E-state index contributed by atoms with van der Waals surface area (Å²) in [6, 6.07) is 16.4. The van der Waals surface area contributed by atoms with Gasteiger partial charge in [0.25, 0.3) is 0 Å². The van der Waals surface area contributed by atoms with Gasteiger partial charge < -0.3 is 34.9 Å². The molecular formula is C32H30ClFN4O6S2. The number of hydrogen-bond donors (Lipinski definition) is 4. The van der Waals surface area contributed by atoms with Crippen LogP contribution in [0.15, 0.2) is 60.8 Å². The number of nitrogens with one attached hydrogen (secondary N) is 2. The Balaban J connectivity index is 1.41. The number of nitriles is 1. The number of nitrogens with zero attached hydrogens (tertiary/aromatic N) is 2. The van der Waals surface area contributed by atoms with Gasteiger partial charge in [0.15, 0.2) is 0 Å². The van der Waals surface area contributed by atoms with Crippen molar-refractivity contribution < 1.29 is 33.4 Å². The van der Waals surface area contributed by atoms with Crippen molar-refractivity contribution in [2.75, 3.05) is 29.6 Å². The number of aliphatic hydroxyl groups is 2. The van der Waals surface area contributed by atoms with Crippen LogP contribution in [-0.4, -0.2) is 56.0 Å². The number of benzene rings is 3. The number of amides is 1. The molecule has 14 heteroatoms. The highest BCUT2D eigenvalue weighted by molar-refractivity contribution is 8.72. The first-order valence-corrected chi connectivity index (χ1v) is 17.4. The number of carbonyl (C=O) groups excluding carboxylic acids is 1. The van der Waals surface area contributed by atoms with Crippen LogP contribution in [0.3, 0.4) is 0 Å². The lowest BCUT2D eigenvalue weighted by Crippen LogP contribution is -2.22. The number of hydrogen-bond acceptors (Lipinski definition) is 10. The van der Waals surface area contributed by atoms with E-state index in [1.54, 1.807) is 42.5 Å². The maximum absolute atomic E-state index is 13.5. The van der Waals surface area contributed by atoms with Crippen molar-refractivity contribution in [2.24, 2.45) is 0 Å². The largest absolute Gasteiger partial charge is 0.605 e. The highest BCUT2D eigenvalue weighted by Crippen LogP contribution is 2.38. The fraction of sp³-hybridized carbons (Fsp3) is 0.281. The van der Waals surface area contributed by atoms with Crippen molar-refractivity contribution in [1.29, 1.82) is 5.26 Å². The van der Waals surface area contributed by atoms with Gasteiger partial charge in [-0.3, -0.25) is 9.78 Å². The average molecular weight is 685 g/mol. The maximum atomic E-state index is 13.5. The van der Waals surface area contributed by atoms with Gasteiger partial charge in [-0.05, 0) is 48.4 Å². The van der Waals surface area contributed by atoms with Gasteiger partial charge in [-0.25, -0.2) is 4.39 Å². The van der Waals surface area contributed by atoms with Crippen LogP contribution in [0.1, 0.15) is 30.4 Å². The van der Waals surface area contributed by atoms with Gasteiger partial charge in [-0.1, -0.05) is 23.7 Å². The molecule has 1 fully saturated rings. The minimum absolute atomic E-state index is 0.116. The minimum Gasteiger partial charge on any atom is -0.605 e. The van der Waals surface area contributed by atoms with Crippen LogP contribution < -0.4 is 20.1 Å². The second kappa shape index (κ2) is 15.7. The predicted octanol–water partition coefficient (Wildman–Crippen LogP) is 5.84. The smallest absolute Gasteiger partial charge is 0.224 e. The van der Waals surface area contributed by atoms with Gasteiger partial charge >= 0.3 is 0 Å². The second-order valence-corrected chi connectivity index (χ2v) is 14.4. The van der Waals surface area contributed by atoms with Crippen LogP contribution in [0.2, 0.25) is 5.02 Å². The van der Waals surface area contributed by atoms with Gasteiger partial charge in [0.2, 0.25) is 5.91 Å². The summed E-state index contributed by atoms with van der Waals surface area (Å²) in [5, 5.41) is 36.0. The van der Waals surface area contributed by atoms with Crippen LogP contribution in [-0.2, 0) is 21.6 Å². The molecule has 2 heterocycles. The highest BCUT2D eigenvalue weighted by Gasteiger charge is 2.29. The Hall–Kier alpha value is -3.77. The summed E-state index contributed by atoms with van der Waals surface area (Å²) in [6.45, 7) is -0.626. The summed E-state index contributed by atoms with van der Waals surface area (Å²) in [7, 11) is 0.465. The third-order valence-electron chi connectivity index (χ3n) is 7.03. The standard InChI is InChI=1S/C32H30ClFN4O6S2/c33-26-11-22(4-6-29(26)43-17-19-2-1-3-21(34)10-19)37-32-20(14-35)15-36-27-13-30(44-18-23(40)16-39)28(12-25(27)32)38-31(41)7-5-24-8-9-46(42)45-24/h1-4,6,10-13,15,23-24,39-40H,5,7-9,16-18H2,(H,36,37)(H,38,41). The van der Waals surface area contributed by atoms with Crippen molar-refractivity contribution in [3.05, 3.63) is 82.8 Å². The zero-order valence-electron chi connectivity index (χ0n) is 24.4. The van der Waals surface area contributed by atoms with Crippen molar-refractivity contribution in [2.45, 2.75) is 37.2 Å². The van der Waals surface area contributed by atoms with E-state index in [0.29, 0.717) is 45.8 Å². The summed E-state index contributed by atoms with van der Waals surface area (Å²) in [6.07, 6.45) is 1.80. The van der Waals surface area contributed by atoms with Crippen molar-refractivity contribution in [3.8, 4) is 17.6 Å². The molecule has 1 amide bonds. The van der Waals surface area contributed by atoms with Crippen LogP contribution in [0, 0.1) is 17.1 Å². The van der Waals surface area contributed by atoms with E-state index in [2.05, 4.69) is 21.7 Å². The fourth-order valence-corrected chi connectivity index (χ4v) is 8.45. The first-order chi connectivity index (χ1) is 22.2. The van der Waals surface area contributed by atoms with E-state index in [1.807, 2.05) is 0 Å². The quantitative estimate of drug-likeness (QED) is 0.0995. The Morgan fingerprint density at radius 1 is 1.24 bits per heavy atom. The van der Waals surface area contributed by atoms with E-state index in [-0.39, 0.29) is 58.6 Å². The van der Waals surface area contributed by atoms with Crippen LogP contribution >= 0.6 is 22.4 Å². The summed E-state index contributed by atoms with van der Waals surface area (Å²) in [5.74, 6) is 0.568. The van der Waals surface area contributed by atoms with Crippen molar-refractivity contribution in [1.82, 2.24) is 4.98 Å². The van der Waals surface area contributed by atoms with E-state index in [1.165, 1.54) is 29.1 Å². The van der Waals surface area contributed by atoms with E-state index in [0.717, 1.165) is 6.42 Å². The normalized spacial score (nSPS) is 16.5. The topological polar surface area (TPSA) is 160 Å². The molecule has 46 heavy (non-hydrogen) atoms. The van der Waals surface area contributed by atoms with E-state index in [4.69, 9.17) is 21.1 Å². The van der Waals surface area contributed by atoms with E-state index >= 15 is 0 Å². The summed E-state index contributed by atoms with van der Waals surface area (Å²) < 4.78 is 36.8. The molecule has 0 saturated carbocycles. The number of anilines is 3. The molecule has 3 unspecified atom stereocenters. The molecule has 10 nitrogen and oxygen atoms in total. The Morgan fingerprint density at radius 2 is 2.09 bits per heavy atom. The van der Waals surface area contributed by atoms with E-state index in [9.17, 15) is 29.2 Å². The van der Waals surface area contributed by atoms with Crippen molar-refractivity contribution in [3.63, 3.8) is 0 Å². The molecule has 1 aromatic heterocycles. The molecule has 0 radical (unpaired) electrons. The molecule has 4 aromatic rings. The molecule has 0 aliphatic carbocycles. The Bertz CT molecular complexity index is 1760. The zero-order valence-corrected chi connectivity index (χ0v) is 26.8. The van der Waals surface area contributed by atoms with Crippen LogP contribution in [0.5, 0.6) is 11.5 Å². The predicted molar refractivity (Wildman–Crippen MR) is 177 cm³/mol. The van der Waals surface area contributed by atoms with Gasteiger partial charge in [0.05, 0.1) is 50.1 Å². The number of ether oxygens (including phenoxy) is 2. The number of carbonyl (C=O) groups is 1. The number of halogens is 2. The Labute approximate surface area is 276 Å². The molecule has 5 rings (SSSR count). The first kappa shape index (κ1) is 33.6.